The van der Waals surface area contributed by atoms with Crippen LogP contribution in [-0.2, 0) is 0 Å². The molecule has 0 bridgehead atoms. The minimum absolute atomic E-state index is 0.336. The van der Waals surface area contributed by atoms with Crippen molar-refractivity contribution in [3.05, 3.63) is 23.8 Å². The van der Waals surface area contributed by atoms with Gasteiger partial charge in [0.15, 0.2) is 0 Å². The summed E-state index contributed by atoms with van der Waals surface area (Å²) in [5.74, 6) is 0.803. The minimum atomic E-state index is 0.336. The maximum atomic E-state index is 5.22. The molecule has 0 nitrogen and oxygen atoms in total. The van der Waals surface area contributed by atoms with Crippen molar-refractivity contribution in [2.45, 2.75) is 24.1 Å². The molecule has 0 spiro atoms. The summed E-state index contributed by atoms with van der Waals surface area (Å²) in [7, 11) is 0. The Balaban J connectivity index is 2.17. The van der Waals surface area contributed by atoms with Crippen LogP contribution in [0.4, 0.5) is 0 Å². The molecule has 0 aliphatic heterocycles. The average Bonchev–Trinajstić information content (AvgIpc) is 1.95. The van der Waals surface area contributed by atoms with E-state index in [4.69, 9.17) is 12.2 Å². The van der Waals surface area contributed by atoms with Crippen molar-refractivity contribution in [2.75, 3.05) is 0 Å². The number of allylic oxidation sites excluding steroid dienone is 4. The van der Waals surface area contributed by atoms with Crippen molar-refractivity contribution in [3.8, 4) is 0 Å². The maximum absolute atomic E-state index is 5.22. The Labute approximate surface area is 86.9 Å². The van der Waals surface area contributed by atoms with E-state index in [0.717, 1.165) is 10.8 Å². The van der Waals surface area contributed by atoms with Crippen molar-refractivity contribution in [1.29, 1.82) is 0 Å². The second-order valence-corrected chi connectivity index (χ2v) is 4.81. The quantitative estimate of drug-likeness (QED) is 0.502. The number of hydrogen-bond acceptors (Lipinski definition) is 1. The first kappa shape index (κ1) is 8.64. The van der Waals surface area contributed by atoms with Crippen molar-refractivity contribution in [3.63, 3.8) is 0 Å². The molecule has 12 heavy (non-hydrogen) atoms. The highest BCUT2D eigenvalue weighted by Gasteiger charge is 2.28. The first-order chi connectivity index (χ1) is 5.79. The van der Waals surface area contributed by atoms with E-state index < -0.39 is 0 Å². The topological polar surface area (TPSA) is 0 Å². The van der Waals surface area contributed by atoms with E-state index in [1.807, 2.05) is 6.08 Å². The molecule has 1 saturated carbocycles. The summed E-state index contributed by atoms with van der Waals surface area (Å²) in [5, 5.41) is 0. The van der Waals surface area contributed by atoms with Gasteiger partial charge in [0.25, 0.3) is 0 Å². The predicted octanol–water partition coefficient (Wildman–Crippen LogP) is 3.42. The van der Waals surface area contributed by atoms with Crippen LogP contribution in [0.15, 0.2) is 23.8 Å². The van der Waals surface area contributed by atoms with Gasteiger partial charge in [-0.2, -0.15) is 0 Å². The van der Waals surface area contributed by atoms with E-state index in [1.165, 1.54) is 24.8 Å². The van der Waals surface area contributed by atoms with E-state index in [0.29, 0.717) is 4.83 Å². The summed E-state index contributed by atoms with van der Waals surface area (Å²) in [5.41, 5.74) is 1.49. The largest absolute Gasteiger partial charge is 0.0833 e. The van der Waals surface area contributed by atoms with Crippen LogP contribution < -0.4 is 0 Å². The summed E-state index contributed by atoms with van der Waals surface area (Å²) in [4.78, 5) is 1.36. The van der Waals surface area contributed by atoms with Gasteiger partial charge in [-0.1, -0.05) is 46.7 Å². The molecule has 1 fully saturated rings. The Morgan fingerprint density at radius 1 is 1.42 bits per heavy atom. The highest BCUT2D eigenvalue weighted by molar-refractivity contribution is 9.10. The molecule has 0 aromatic heterocycles. The Kier molecular flexibility index (Phi) is 2.47. The lowest BCUT2D eigenvalue weighted by molar-refractivity contribution is 0.366. The van der Waals surface area contributed by atoms with Crippen LogP contribution >= 0.6 is 28.1 Å². The monoisotopic (exact) mass is 242 g/mol. The lowest BCUT2D eigenvalue weighted by Gasteiger charge is -2.31. The fourth-order valence-corrected chi connectivity index (χ4v) is 2.57. The van der Waals surface area contributed by atoms with Gasteiger partial charge >= 0.3 is 0 Å². The molecule has 2 aliphatic rings. The number of thiocarbonyl (C=S) groups is 1. The van der Waals surface area contributed by atoms with E-state index in [2.05, 4.69) is 28.1 Å². The van der Waals surface area contributed by atoms with Crippen molar-refractivity contribution in [2.24, 2.45) is 5.92 Å². The third-order valence-corrected chi connectivity index (χ3v) is 4.36. The molecule has 1 atom stereocenters. The smallest absolute Gasteiger partial charge is 0.0712 e. The van der Waals surface area contributed by atoms with E-state index in [-0.39, 0.29) is 0 Å². The van der Waals surface area contributed by atoms with Gasteiger partial charge in [0, 0.05) is 4.86 Å². The van der Waals surface area contributed by atoms with Crippen LogP contribution in [0.25, 0.3) is 0 Å². The third-order valence-electron chi connectivity index (χ3n) is 2.67. The molecule has 0 amide bonds. The number of rotatable bonds is 1. The lowest BCUT2D eigenvalue weighted by atomic mass is 9.77. The molecular formula is C10H11BrS. The van der Waals surface area contributed by atoms with Gasteiger partial charge in [-0.15, -0.1) is 0 Å². The molecule has 1 unspecified atom stereocenters. The normalized spacial score (nSPS) is 29.9. The Bertz CT molecular complexity index is 261. The predicted molar refractivity (Wildman–Crippen MR) is 59.9 cm³/mol. The SMILES string of the molecule is S=C1C=CC=C(C2CCC2)C1Br. The van der Waals surface area contributed by atoms with Crippen molar-refractivity contribution >= 4 is 33.0 Å². The van der Waals surface area contributed by atoms with Crippen LogP contribution in [0.3, 0.4) is 0 Å². The second kappa shape index (κ2) is 3.43. The fraction of sp³-hybridized carbons (Fsp3) is 0.500. The van der Waals surface area contributed by atoms with E-state index in [9.17, 15) is 0 Å². The zero-order chi connectivity index (χ0) is 8.55. The molecule has 2 heteroatoms. The molecular weight excluding hydrogens is 232 g/mol. The molecule has 64 valence electrons. The molecule has 0 radical (unpaired) electrons. The summed E-state index contributed by atoms with van der Waals surface area (Å²) in [6, 6.07) is 0. The summed E-state index contributed by atoms with van der Waals surface area (Å²) in [6.07, 6.45) is 10.4. The zero-order valence-corrected chi connectivity index (χ0v) is 9.20. The van der Waals surface area contributed by atoms with Gasteiger partial charge in [0.1, 0.15) is 0 Å². The summed E-state index contributed by atoms with van der Waals surface area (Å²) >= 11 is 8.86. The first-order valence-corrected chi connectivity index (χ1v) is 5.67. The van der Waals surface area contributed by atoms with Crippen molar-refractivity contribution in [1.82, 2.24) is 0 Å². The molecule has 2 aliphatic carbocycles. The Morgan fingerprint density at radius 2 is 2.17 bits per heavy atom. The molecule has 0 aromatic rings. The first-order valence-electron chi connectivity index (χ1n) is 4.35. The maximum Gasteiger partial charge on any atom is 0.0712 e. The minimum Gasteiger partial charge on any atom is -0.0833 e. The zero-order valence-electron chi connectivity index (χ0n) is 6.79. The molecule has 2 rings (SSSR count). The standard InChI is InChI=1S/C10H11BrS/c11-10-8(7-3-1-4-7)5-2-6-9(10)12/h2,5-7,10H,1,3-4H2. The highest BCUT2D eigenvalue weighted by atomic mass is 79.9. The van der Waals surface area contributed by atoms with Gasteiger partial charge in [-0.05, 0) is 30.4 Å². The van der Waals surface area contributed by atoms with Crippen LogP contribution in [0.5, 0.6) is 0 Å². The Hall–Kier alpha value is 0.0500. The van der Waals surface area contributed by atoms with Crippen LogP contribution in [0.2, 0.25) is 0 Å². The number of halogens is 1. The van der Waals surface area contributed by atoms with Gasteiger partial charge in [-0.25, -0.2) is 0 Å². The summed E-state index contributed by atoms with van der Waals surface area (Å²) < 4.78 is 0. The van der Waals surface area contributed by atoms with E-state index >= 15 is 0 Å². The molecule has 0 N–H and O–H groups in total. The Morgan fingerprint density at radius 3 is 2.75 bits per heavy atom. The summed E-state index contributed by atoms with van der Waals surface area (Å²) in [6.45, 7) is 0. The molecule has 0 aromatic carbocycles. The number of hydrogen-bond donors (Lipinski definition) is 0. The van der Waals surface area contributed by atoms with Gasteiger partial charge in [-0.3, -0.25) is 0 Å². The fourth-order valence-electron chi connectivity index (χ4n) is 1.67. The molecule has 0 heterocycles. The van der Waals surface area contributed by atoms with Gasteiger partial charge < -0.3 is 0 Å². The molecule has 0 saturated heterocycles. The highest BCUT2D eigenvalue weighted by Crippen LogP contribution is 2.38. The van der Waals surface area contributed by atoms with Gasteiger partial charge in [0.2, 0.25) is 0 Å². The lowest BCUT2D eigenvalue weighted by Crippen LogP contribution is -2.25. The number of alkyl halides is 1. The van der Waals surface area contributed by atoms with Crippen LogP contribution in [0.1, 0.15) is 19.3 Å². The average molecular weight is 243 g/mol. The van der Waals surface area contributed by atoms with Crippen LogP contribution in [0, 0.1) is 5.92 Å². The second-order valence-electron chi connectivity index (χ2n) is 3.42. The third kappa shape index (κ3) is 1.42. The van der Waals surface area contributed by atoms with Crippen LogP contribution in [-0.4, -0.2) is 9.69 Å². The van der Waals surface area contributed by atoms with Crippen molar-refractivity contribution < 1.29 is 0 Å². The van der Waals surface area contributed by atoms with Gasteiger partial charge in [0.05, 0.1) is 4.83 Å². The van der Waals surface area contributed by atoms with E-state index in [1.54, 1.807) is 0 Å².